The van der Waals surface area contributed by atoms with E-state index in [9.17, 15) is 4.79 Å². The summed E-state index contributed by atoms with van der Waals surface area (Å²) >= 11 is 1.62. The van der Waals surface area contributed by atoms with Gasteiger partial charge in [-0.3, -0.25) is 4.79 Å². The summed E-state index contributed by atoms with van der Waals surface area (Å²) in [4.78, 5) is 10.8. The summed E-state index contributed by atoms with van der Waals surface area (Å²) < 4.78 is 0. The van der Waals surface area contributed by atoms with Gasteiger partial charge in [0.25, 0.3) is 0 Å². The van der Waals surface area contributed by atoms with Crippen molar-refractivity contribution < 1.29 is 9.90 Å². The van der Waals surface area contributed by atoms with Crippen molar-refractivity contribution in [3.63, 3.8) is 0 Å². The van der Waals surface area contributed by atoms with Crippen molar-refractivity contribution >= 4 is 17.7 Å². The fourth-order valence-corrected chi connectivity index (χ4v) is 2.42. The maximum Gasteiger partial charge on any atom is 0.316 e. The Kier molecular flexibility index (Phi) is 3.44. The minimum atomic E-state index is -0.622. The van der Waals surface area contributed by atoms with Crippen LogP contribution in [0.5, 0.6) is 0 Å². The summed E-state index contributed by atoms with van der Waals surface area (Å²) in [5.74, 6) is -0.163. The van der Waals surface area contributed by atoms with E-state index in [1.807, 2.05) is 0 Å². The fraction of sp³-hybridized carbons (Fsp3) is 0.889. The summed E-state index contributed by atoms with van der Waals surface area (Å²) in [6.07, 6.45) is 3.28. The van der Waals surface area contributed by atoms with Crippen LogP contribution >= 0.6 is 11.8 Å². The van der Waals surface area contributed by atoms with E-state index < -0.39 is 5.97 Å². The minimum Gasteiger partial charge on any atom is -0.480 e. The number of hydrogen-bond acceptors (Lipinski definition) is 2. The van der Waals surface area contributed by atoms with E-state index in [2.05, 4.69) is 13.8 Å². The van der Waals surface area contributed by atoms with Crippen molar-refractivity contribution in [3.8, 4) is 0 Å². The van der Waals surface area contributed by atoms with E-state index in [1.54, 1.807) is 11.8 Å². The molecule has 0 spiro atoms. The molecule has 0 saturated heterocycles. The first-order valence-corrected chi connectivity index (χ1v) is 5.47. The molecular weight excluding hydrogens is 172 g/mol. The van der Waals surface area contributed by atoms with Gasteiger partial charge >= 0.3 is 5.97 Å². The molecule has 2 atom stereocenters. The highest BCUT2D eigenvalue weighted by atomic mass is 32.2. The Hall–Kier alpha value is -0.180. The van der Waals surface area contributed by atoms with Crippen molar-refractivity contribution in [2.75, 3.05) is 0 Å². The molecule has 0 amide bonds. The molecule has 12 heavy (non-hydrogen) atoms. The molecule has 2 nitrogen and oxygen atoms in total. The van der Waals surface area contributed by atoms with Crippen LogP contribution in [-0.4, -0.2) is 21.6 Å². The van der Waals surface area contributed by atoms with Gasteiger partial charge in [0.15, 0.2) is 0 Å². The van der Waals surface area contributed by atoms with Crippen LogP contribution in [0.2, 0.25) is 0 Å². The minimum absolute atomic E-state index is 0.139. The van der Waals surface area contributed by atoms with Crippen molar-refractivity contribution in [1.82, 2.24) is 0 Å². The van der Waals surface area contributed by atoms with Gasteiger partial charge in [-0.15, -0.1) is 11.8 Å². The molecule has 0 aliphatic heterocycles. The van der Waals surface area contributed by atoms with E-state index in [1.165, 1.54) is 0 Å². The van der Waals surface area contributed by atoms with Crippen LogP contribution in [0.3, 0.4) is 0 Å². The van der Waals surface area contributed by atoms with Crippen molar-refractivity contribution in [2.45, 2.75) is 43.6 Å². The van der Waals surface area contributed by atoms with Crippen LogP contribution in [0.4, 0.5) is 0 Å². The predicted octanol–water partition coefficient (Wildman–Crippen LogP) is 2.38. The Morgan fingerprint density at radius 2 is 2.25 bits per heavy atom. The second-order valence-electron chi connectivity index (χ2n) is 3.45. The van der Waals surface area contributed by atoms with Gasteiger partial charge in [0.05, 0.1) is 0 Å². The lowest BCUT2D eigenvalue weighted by atomic mass is 10.3. The number of thioether (sulfide) groups is 1. The molecule has 0 aromatic rings. The Labute approximate surface area is 77.7 Å². The SMILES string of the molecule is CCC(C)SC(C(=O)O)C1CC1. The molecule has 1 aliphatic carbocycles. The van der Waals surface area contributed by atoms with Gasteiger partial charge < -0.3 is 5.11 Å². The van der Waals surface area contributed by atoms with E-state index in [4.69, 9.17) is 5.11 Å². The number of carboxylic acids is 1. The number of aliphatic carboxylic acids is 1. The van der Waals surface area contributed by atoms with Gasteiger partial charge in [-0.1, -0.05) is 13.8 Å². The maximum atomic E-state index is 10.8. The molecule has 1 saturated carbocycles. The first-order chi connectivity index (χ1) is 5.65. The van der Waals surface area contributed by atoms with E-state index in [0.29, 0.717) is 11.2 Å². The quantitative estimate of drug-likeness (QED) is 0.719. The zero-order valence-corrected chi connectivity index (χ0v) is 8.43. The molecular formula is C9H16O2S. The van der Waals surface area contributed by atoms with Crippen LogP contribution in [0, 0.1) is 5.92 Å². The van der Waals surface area contributed by atoms with E-state index >= 15 is 0 Å². The highest BCUT2D eigenvalue weighted by Crippen LogP contribution is 2.40. The molecule has 1 aliphatic rings. The molecule has 0 aromatic carbocycles. The highest BCUT2D eigenvalue weighted by molar-refractivity contribution is 8.01. The molecule has 70 valence electrons. The lowest BCUT2D eigenvalue weighted by Gasteiger charge is -2.14. The van der Waals surface area contributed by atoms with Crippen LogP contribution in [-0.2, 0) is 4.79 Å². The normalized spacial score (nSPS) is 21.8. The van der Waals surface area contributed by atoms with Gasteiger partial charge in [0.1, 0.15) is 5.25 Å². The van der Waals surface area contributed by atoms with Crippen molar-refractivity contribution in [2.24, 2.45) is 5.92 Å². The molecule has 0 heterocycles. The van der Waals surface area contributed by atoms with Crippen LogP contribution in [0.15, 0.2) is 0 Å². The molecule has 1 N–H and O–H groups in total. The first-order valence-electron chi connectivity index (χ1n) is 4.53. The van der Waals surface area contributed by atoms with Crippen molar-refractivity contribution in [3.05, 3.63) is 0 Å². The van der Waals surface area contributed by atoms with Crippen LogP contribution < -0.4 is 0 Å². The Morgan fingerprint density at radius 1 is 1.67 bits per heavy atom. The second kappa shape index (κ2) is 4.17. The summed E-state index contributed by atoms with van der Waals surface area (Å²) in [5.41, 5.74) is 0. The average molecular weight is 188 g/mol. The molecule has 3 heteroatoms. The second-order valence-corrected chi connectivity index (χ2v) is 5.04. The number of carbonyl (C=O) groups is 1. The van der Waals surface area contributed by atoms with E-state index in [0.717, 1.165) is 19.3 Å². The monoisotopic (exact) mass is 188 g/mol. The zero-order valence-electron chi connectivity index (χ0n) is 7.62. The standard InChI is InChI=1S/C9H16O2S/c1-3-6(2)12-8(9(10)11)7-4-5-7/h6-8H,3-5H2,1-2H3,(H,10,11). The average Bonchev–Trinajstić information content (AvgIpc) is 2.81. The molecule has 1 fully saturated rings. The van der Waals surface area contributed by atoms with Crippen molar-refractivity contribution in [1.29, 1.82) is 0 Å². The Balaban J connectivity index is 2.37. The largest absolute Gasteiger partial charge is 0.480 e. The summed E-state index contributed by atoms with van der Waals surface area (Å²) in [6.45, 7) is 4.20. The van der Waals surface area contributed by atoms with Gasteiger partial charge in [-0.25, -0.2) is 0 Å². The Morgan fingerprint density at radius 3 is 2.58 bits per heavy atom. The molecule has 0 aromatic heterocycles. The zero-order chi connectivity index (χ0) is 9.14. The van der Waals surface area contributed by atoms with E-state index in [-0.39, 0.29) is 5.25 Å². The third-order valence-electron chi connectivity index (χ3n) is 2.25. The topological polar surface area (TPSA) is 37.3 Å². The fourth-order valence-electron chi connectivity index (χ4n) is 1.12. The first kappa shape index (κ1) is 9.90. The van der Waals surface area contributed by atoms with Gasteiger partial charge in [-0.2, -0.15) is 0 Å². The molecule has 0 radical (unpaired) electrons. The number of rotatable bonds is 5. The highest BCUT2D eigenvalue weighted by Gasteiger charge is 2.37. The van der Waals surface area contributed by atoms with Crippen LogP contribution in [0.25, 0.3) is 0 Å². The summed E-state index contributed by atoms with van der Waals surface area (Å²) in [6, 6.07) is 0. The van der Waals surface area contributed by atoms with Gasteiger partial charge in [0.2, 0.25) is 0 Å². The third kappa shape index (κ3) is 2.70. The predicted molar refractivity (Wildman–Crippen MR) is 51.5 cm³/mol. The number of hydrogen-bond donors (Lipinski definition) is 1. The smallest absolute Gasteiger partial charge is 0.316 e. The molecule has 2 unspecified atom stereocenters. The molecule has 0 bridgehead atoms. The maximum absolute atomic E-state index is 10.8. The van der Waals surface area contributed by atoms with Crippen LogP contribution in [0.1, 0.15) is 33.1 Å². The lowest BCUT2D eigenvalue weighted by molar-refractivity contribution is -0.136. The van der Waals surface area contributed by atoms with Gasteiger partial charge in [0, 0.05) is 5.25 Å². The van der Waals surface area contributed by atoms with Gasteiger partial charge in [-0.05, 0) is 25.2 Å². The summed E-state index contributed by atoms with van der Waals surface area (Å²) in [7, 11) is 0. The third-order valence-corrected chi connectivity index (χ3v) is 3.93. The lowest BCUT2D eigenvalue weighted by Crippen LogP contribution is -2.21. The molecule has 1 rings (SSSR count). The summed E-state index contributed by atoms with van der Waals surface area (Å²) in [5, 5.41) is 9.25. The Bertz CT molecular complexity index is 166. The number of carboxylic acid groups (broad SMARTS) is 1.